The second-order valence-corrected chi connectivity index (χ2v) is 7.31. The van der Waals surface area contributed by atoms with Gasteiger partial charge in [0.25, 0.3) is 0 Å². The van der Waals surface area contributed by atoms with Crippen LogP contribution in [0.25, 0.3) is 5.65 Å². The molecule has 1 aliphatic rings. The Morgan fingerprint density at radius 3 is 2.77 bits per heavy atom. The summed E-state index contributed by atoms with van der Waals surface area (Å²) in [5.41, 5.74) is 1.54. The van der Waals surface area contributed by atoms with Crippen LogP contribution in [-0.2, 0) is 0 Å². The van der Waals surface area contributed by atoms with Crippen molar-refractivity contribution >= 4 is 17.2 Å². The Morgan fingerprint density at radius 1 is 1.08 bits per heavy atom. The third-order valence-corrected chi connectivity index (χ3v) is 5.58. The van der Waals surface area contributed by atoms with Gasteiger partial charge in [-0.05, 0) is 44.0 Å². The topological polar surface area (TPSA) is 59.7 Å². The van der Waals surface area contributed by atoms with Crippen molar-refractivity contribution in [2.45, 2.75) is 51.0 Å². The largest absolute Gasteiger partial charge is 0.453 e. The van der Waals surface area contributed by atoms with Gasteiger partial charge in [0.05, 0.1) is 6.10 Å². The van der Waals surface area contributed by atoms with E-state index in [1.165, 1.54) is 0 Å². The highest BCUT2D eigenvalue weighted by atomic mass is 35.5. The van der Waals surface area contributed by atoms with Crippen molar-refractivity contribution in [2.24, 2.45) is 0 Å². The zero-order valence-electron chi connectivity index (χ0n) is 14.7. The highest BCUT2D eigenvalue weighted by Gasteiger charge is 2.28. The molecule has 4 rings (SSSR count). The van der Waals surface area contributed by atoms with Crippen molar-refractivity contribution in [3.63, 3.8) is 0 Å². The Bertz CT molecular complexity index is 925. The molecule has 1 fully saturated rings. The first-order valence-corrected chi connectivity index (χ1v) is 9.47. The van der Waals surface area contributed by atoms with E-state index in [0.717, 1.165) is 43.5 Å². The second-order valence-electron chi connectivity index (χ2n) is 6.90. The summed E-state index contributed by atoms with van der Waals surface area (Å²) in [5, 5.41) is 19.9. The SMILES string of the molecule is Cc1c(Cl)cccc1Oc1cccn2c(C3CCCCCC3O)nnc12. The predicted octanol–water partition coefficient (Wildman–Crippen LogP) is 4.89. The predicted molar refractivity (Wildman–Crippen MR) is 101 cm³/mol. The van der Waals surface area contributed by atoms with Gasteiger partial charge in [-0.2, -0.15) is 0 Å². The number of pyridine rings is 1. The van der Waals surface area contributed by atoms with E-state index in [-0.39, 0.29) is 12.0 Å². The number of aliphatic hydroxyl groups excluding tert-OH is 1. The standard InChI is InChI=1S/C20H22ClN3O2/c1-13-15(21)8-5-10-17(13)26-18-11-6-12-24-19(22-23-20(18)24)14-7-3-2-4-9-16(14)25/h5-6,8,10-12,14,16,25H,2-4,7,9H2,1H3. The molecule has 2 atom stereocenters. The fourth-order valence-electron chi connectivity index (χ4n) is 3.65. The van der Waals surface area contributed by atoms with E-state index in [1.807, 2.05) is 47.9 Å². The van der Waals surface area contributed by atoms with Crippen molar-refractivity contribution in [3.8, 4) is 11.5 Å². The van der Waals surface area contributed by atoms with Gasteiger partial charge < -0.3 is 9.84 Å². The lowest BCUT2D eigenvalue weighted by Crippen LogP contribution is -2.19. The number of halogens is 1. The lowest BCUT2D eigenvalue weighted by molar-refractivity contribution is 0.131. The van der Waals surface area contributed by atoms with E-state index in [4.69, 9.17) is 16.3 Å². The first-order valence-electron chi connectivity index (χ1n) is 9.10. The second kappa shape index (κ2) is 7.25. The van der Waals surface area contributed by atoms with Gasteiger partial charge in [-0.3, -0.25) is 4.40 Å². The first-order chi connectivity index (χ1) is 12.6. The normalized spacial score (nSPS) is 20.9. The maximum absolute atomic E-state index is 10.5. The highest BCUT2D eigenvalue weighted by Crippen LogP contribution is 2.34. The van der Waals surface area contributed by atoms with E-state index in [9.17, 15) is 5.11 Å². The minimum Gasteiger partial charge on any atom is -0.453 e. The van der Waals surface area contributed by atoms with Crippen LogP contribution in [0.4, 0.5) is 0 Å². The summed E-state index contributed by atoms with van der Waals surface area (Å²) in [4.78, 5) is 0. The van der Waals surface area contributed by atoms with Crippen LogP contribution < -0.4 is 4.74 Å². The van der Waals surface area contributed by atoms with Gasteiger partial charge in [-0.15, -0.1) is 10.2 Å². The molecule has 6 heteroatoms. The van der Waals surface area contributed by atoms with E-state index in [0.29, 0.717) is 22.2 Å². The molecule has 26 heavy (non-hydrogen) atoms. The zero-order valence-corrected chi connectivity index (χ0v) is 15.5. The third kappa shape index (κ3) is 3.17. The molecule has 1 aromatic carbocycles. The number of nitrogens with zero attached hydrogens (tertiary/aromatic N) is 3. The highest BCUT2D eigenvalue weighted by molar-refractivity contribution is 6.31. The fourth-order valence-corrected chi connectivity index (χ4v) is 3.81. The number of aromatic nitrogens is 3. The molecular formula is C20H22ClN3O2. The number of hydrogen-bond acceptors (Lipinski definition) is 4. The van der Waals surface area contributed by atoms with Gasteiger partial charge in [-0.1, -0.05) is 36.9 Å². The minimum absolute atomic E-state index is 0.00987. The molecule has 2 aromatic heterocycles. The summed E-state index contributed by atoms with van der Waals surface area (Å²) in [7, 11) is 0. The van der Waals surface area contributed by atoms with Crippen LogP contribution in [0.5, 0.6) is 11.5 Å². The van der Waals surface area contributed by atoms with Crippen LogP contribution in [0.2, 0.25) is 5.02 Å². The van der Waals surface area contributed by atoms with Crippen molar-refractivity contribution in [1.29, 1.82) is 0 Å². The van der Waals surface area contributed by atoms with Crippen LogP contribution in [0.3, 0.4) is 0 Å². The summed E-state index contributed by atoms with van der Waals surface area (Å²) >= 11 is 6.19. The van der Waals surface area contributed by atoms with Crippen molar-refractivity contribution in [1.82, 2.24) is 14.6 Å². The maximum Gasteiger partial charge on any atom is 0.203 e. The van der Waals surface area contributed by atoms with E-state index >= 15 is 0 Å². The molecule has 0 saturated heterocycles. The maximum atomic E-state index is 10.5. The summed E-state index contributed by atoms with van der Waals surface area (Å²) in [5.74, 6) is 2.14. The molecule has 2 unspecified atom stereocenters. The molecule has 0 spiro atoms. The van der Waals surface area contributed by atoms with E-state index < -0.39 is 0 Å². The van der Waals surface area contributed by atoms with E-state index in [2.05, 4.69) is 10.2 Å². The van der Waals surface area contributed by atoms with Crippen LogP contribution in [-0.4, -0.2) is 25.8 Å². The van der Waals surface area contributed by atoms with Crippen molar-refractivity contribution < 1.29 is 9.84 Å². The summed E-state index contributed by atoms with van der Waals surface area (Å²) in [6.45, 7) is 1.93. The molecular weight excluding hydrogens is 350 g/mol. The molecule has 0 amide bonds. The Morgan fingerprint density at radius 2 is 1.88 bits per heavy atom. The molecule has 0 radical (unpaired) electrons. The average Bonchev–Trinajstić information content (AvgIpc) is 2.95. The molecule has 5 nitrogen and oxygen atoms in total. The van der Waals surface area contributed by atoms with Crippen LogP contribution >= 0.6 is 11.6 Å². The fraction of sp³-hybridized carbons (Fsp3) is 0.400. The molecule has 1 saturated carbocycles. The molecule has 1 N–H and O–H groups in total. The molecule has 0 bridgehead atoms. The minimum atomic E-state index is -0.371. The molecule has 1 aliphatic carbocycles. The molecule has 0 aliphatic heterocycles. The number of aliphatic hydroxyl groups is 1. The lowest BCUT2D eigenvalue weighted by atomic mass is 9.96. The number of hydrogen-bond donors (Lipinski definition) is 1. The van der Waals surface area contributed by atoms with Gasteiger partial charge in [0.2, 0.25) is 5.65 Å². The number of ether oxygens (including phenoxy) is 1. The quantitative estimate of drug-likeness (QED) is 0.666. The van der Waals surface area contributed by atoms with Crippen molar-refractivity contribution in [3.05, 3.63) is 52.9 Å². The Balaban J connectivity index is 1.72. The Kier molecular flexibility index (Phi) is 4.83. The molecule has 3 aromatic rings. The van der Waals surface area contributed by atoms with Gasteiger partial charge in [0.15, 0.2) is 5.75 Å². The smallest absolute Gasteiger partial charge is 0.203 e. The number of rotatable bonds is 3. The van der Waals surface area contributed by atoms with Crippen molar-refractivity contribution in [2.75, 3.05) is 0 Å². The Hall–Kier alpha value is -2.11. The number of benzene rings is 1. The average molecular weight is 372 g/mol. The van der Waals surface area contributed by atoms with Crippen LogP contribution in [0, 0.1) is 6.92 Å². The zero-order chi connectivity index (χ0) is 18.1. The first kappa shape index (κ1) is 17.3. The third-order valence-electron chi connectivity index (χ3n) is 5.17. The van der Waals surface area contributed by atoms with Gasteiger partial charge >= 0.3 is 0 Å². The van der Waals surface area contributed by atoms with Gasteiger partial charge in [-0.25, -0.2) is 0 Å². The summed E-state index contributed by atoms with van der Waals surface area (Å²) in [6.07, 6.45) is 6.64. The summed E-state index contributed by atoms with van der Waals surface area (Å²) < 4.78 is 8.02. The van der Waals surface area contributed by atoms with E-state index in [1.54, 1.807) is 0 Å². The van der Waals surface area contributed by atoms with Crippen LogP contribution in [0.15, 0.2) is 36.5 Å². The Labute approximate surface area is 157 Å². The number of fused-ring (bicyclic) bond motifs is 1. The van der Waals surface area contributed by atoms with Gasteiger partial charge in [0, 0.05) is 22.7 Å². The monoisotopic (exact) mass is 371 g/mol. The summed E-state index contributed by atoms with van der Waals surface area (Å²) in [6, 6.07) is 9.38. The lowest BCUT2D eigenvalue weighted by Gasteiger charge is -2.18. The van der Waals surface area contributed by atoms with Crippen LogP contribution in [0.1, 0.15) is 49.4 Å². The van der Waals surface area contributed by atoms with Gasteiger partial charge in [0.1, 0.15) is 11.6 Å². The molecule has 2 heterocycles. The molecule has 136 valence electrons.